The molecule has 0 aromatic heterocycles. The van der Waals surface area contributed by atoms with E-state index >= 15 is 0 Å². The number of carboxylic acids is 1. The Morgan fingerprint density at radius 3 is 2.05 bits per heavy atom. The van der Waals surface area contributed by atoms with Crippen molar-refractivity contribution in [3.05, 3.63) is 0 Å². The van der Waals surface area contributed by atoms with E-state index in [2.05, 4.69) is 27.7 Å². The topological polar surface area (TPSA) is 37.3 Å². The molecule has 0 heterocycles. The van der Waals surface area contributed by atoms with Gasteiger partial charge in [0.15, 0.2) is 0 Å². The molecule has 0 aromatic carbocycles. The fourth-order valence-corrected chi connectivity index (χ4v) is 3.66. The lowest BCUT2D eigenvalue weighted by Crippen LogP contribution is -2.20. The molecule has 0 aliphatic heterocycles. The third-order valence-electron chi connectivity index (χ3n) is 4.45. The van der Waals surface area contributed by atoms with Crippen LogP contribution in [-0.4, -0.2) is 22.6 Å². The highest BCUT2D eigenvalue weighted by Crippen LogP contribution is 2.34. The maximum Gasteiger partial charge on any atom is 0.313 e. The standard InChI is InChI=1S/C19H38O2S/c1-5-6-7-8-9-10-13-17(19(2,3)4)14-11-12-15-22-16-18(20)21/h17H,5-16H2,1-4H3,(H,20,21). The fourth-order valence-electron chi connectivity index (χ4n) is 2.94. The van der Waals surface area contributed by atoms with E-state index in [1.807, 2.05) is 0 Å². The van der Waals surface area contributed by atoms with E-state index in [9.17, 15) is 4.79 Å². The maximum atomic E-state index is 10.5. The Hall–Kier alpha value is -0.180. The molecule has 1 unspecified atom stereocenters. The van der Waals surface area contributed by atoms with Crippen LogP contribution in [0, 0.1) is 11.3 Å². The van der Waals surface area contributed by atoms with Gasteiger partial charge in [0.05, 0.1) is 5.75 Å². The number of carbonyl (C=O) groups is 1. The van der Waals surface area contributed by atoms with Gasteiger partial charge >= 0.3 is 5.97 Å². The minimum atomic E-state index is -0.694. The molecule has 1 N–H and O–H groups in total. The summed E-state index contributed by atoms with van der Waals surface area (Å²) in [6.07, 6.45) is 13.3. The number of rotatable bonds is 14. The number of carboxylic acid groups (broad SMARTS) is 1. The van der Waals surface area contributed by atoms with Crippen molar-refractivity contribution >= 4 is 17.7 Å². The van der Waals surface area contributed by atoms with Gasteiger partial charge in [-0.3, -0.25) is 4.79 Å². The molecular weight excluding hydrogens is 292 g/mol. The van der Waals surface area contributed by atoms with Crippen LogP contribution in [0.4, 0.5) is 0 Å². The summed E-state index contributed by atoms with van der Waals surface area (Å²) in [6, 6.07) is 0. The molecule has 0 fully saturated rings. The van der Waals surface area contributed by atoms with Gasteiger partial charge in [-0.1, -0.05) is 72.6 Å². The molecule has 0 aliphatic carbocycles. The van der Waals surface area contributed by atoms with E-state index in [0.29, 0.717) is 5.41 Å². The zero-order valence-corrected chi connectivity index (χ0v) is 16.1. The van der Waals surface area contributed by atoms with Gasteiger partial charge < -0.3 is 5.11 Å². The van der Waals surface area contributed by atoms with Crippen LogP contribution in [0.2, 0.25) is 0 Å². The minimum absolute atomic E-state index is 0.250. The summed E-state index contributed by atoms with van der Waals surface area (Å²) in [5, 5.41) is 8.62. The molecule has 0 aliphatic rings. The summed E-state index contributed by atoms with van der Waals surface area (Å²) in [5.41, 5.74) is 0.400. The molecule has 0 spiro atoms. The Bertz CT molecular complexity index is 271. The van der Waals surface area contributed by atoms with Gasteiger partial charge in [0.25, 0.3) is 0 Å². The second kappa shape index (κ2) is 13.3. The first kappa shape index (κ1) is 21.8. The summed E-state index contributed by atoms with van der Waals surface area (Å²) < 4.78 is 0. The molecule has 0 amide bonds. The molecule has 132 valence electrons. The largest absolute Gasteiger partial charge is 0.481 e. The first-order valence-electron chi connectivity index (χ1n) is 9.17. The molecule has 0 saturated heterocycles. The molecular formula is C19H38O2S. The van der Waals surface area contributed by atoms with Crippen molar-refractivity contribution in [3.8, 4) is 0 Å². The third kappa shape index (κ3) is 13.5. The quantitative estimate of drug-likeness (QED) is 0.375. The van der Waals surface area contributed by atoms with Crippen molar-refractivity contribution in [2.24, 2.45) is 11.3 Å². The van der Waals surface area contributed by atoms with Crippen LogP contribution in [0.3, 0.4) is 0 Å². The molecule has 22 heavy (non-hydrogen) atoms. The minimum Gasteiger partial charge on any atom is -0.481 e. The van der Waals surface area contributed by atoms with E-state index in [0.717, 1.165) is 18.1 Å². The van der Waals surface area contributed by atoms with Crippen molar-refractivity contribution in [2.75, 3.05) is 11.5 Å². The van der Waals surface area contributed by atoms with Crippen molar-refractivity contribution in [1.82, 2.24) is 0 Å². The first-order valence-corrected chi connectivity index (χ1v) is 10.3. The van der Waals surface area contributed by atoms with Crippen LogP contribution in [0.25, 0.3) is 0 Å². The predicted octanol–water partition coefficient (Wildman–Crippen LogP) is 6.39. The molecule has 1 atom stereocenters. The van der Waals surface area contributed by atoms with Crippen molar-refractivity contribution in [2.45, 2.75) is 91.9 Å². The predicted molar refractivity (Wildman–Crippen MR) is 99.7 cm³/mol. The van der Waals surface area contributed by atoms with Gasteiger partial charge in [-0.15, -0.1) is 0 Å². The maximum absolute atomic E-state index is 10.5. The van der Waals surface area contributed by atoms with E-state index in [-0.39, 0.29) is 5.75 Å². The summed E-state index contributed by atoms with van der Waals surface area (Å²) in [4.78, 5) is 10.5. The highest BCUT2D eigenvalue weighted by molar-refractivity contribution is 7.99. The number of unbranched alkanes of at least 4 members (excludes halogenated alkanes) is 6. The Kier molecular flexibility index (Phi) is 13.2. The van der Waals surface area contributed by atoms with Crippen LogP contribution < -0.4 is 0 Å². The van der Waals surface area contributed by atoms with E-state index in [1.54, 1.807) is 11.8 Å². The Morgan fingerprint density at radius 1 is 0.955 bits per heavy atom. The van der Waals surface area contributed by atoms with Crippen LogP contribution in [-0.2, 0) is 4.79 Å². The van der Waals surface area contributed by atoms with Gasteiger partial charge in [0.2, 0.25) is 0 Å². The Morgan fingerprint density at radius 2 is 1.50 bits per heavy atom. The second-order valence-corrected chi connectivity index (χ2v) is 8.67. The van der Waals surface area contributed by atoms with Crippen molar-refractivity contribution in [1.29, 1.82) is 0 Å². The molecule has 2 nitrogen and oxygen atoms in total. The van der Waals surface area contributed by atoms with Crippen molar-refractivity contribution in [3.63, 3.8) is 0 Å². The molecule has 0 bridgehead atoms. The molecule has 0 radical (unpaired) electrons. The van der Waals surface area contributed by atoms with Crippen LogP contribution in [0.5, 0.6) is 0 Å². The number of hydrogen-bond donors (Lipinski definition) is 1. The van der Waals surface area contributed by atoms with Gasteiger partial charge in [-0.05, 0) is 36.3 Å². The normalized spacial score (nSPS) is 13.3. The molecule has 0 saturated carbocycles. The molecule has 3 heteroatoms. The third-order valence-corrected chi connectivity index (χ3v) is 5.48. The monoisotopic (exact) mass is 330 g/mol. The SMILES string of the molecule is CCCCCCCCC(CCCCSCC(=O)O)C(C)(C)C. The van der Waals surface area contributed by atoms with Gasteiger partial charge in [-0.25, -0.2) is 0 Å². The van der Waals surface area contributed by atoms with Crippen LogP contribution in [0.15, 0.2) is 0 Å². The van der Waals surface area contributed by atoms with E-state index in [4.69, 9.17) is 5.11 Å². The lowest BCUT2D eigenvalue weighted by molar-refractivity contribution is -0.133. The summed E-state index contributed by atoms with van der Waals surface area (Å²) in [7, 11) is 0. The van der Waals surface area contributed by atoms with E-state index < -0.39 is 5.97 Å². The fraction of sp³-hybridized carbons (Fsp3) is 0.947. The Labute approximate surface area is 142 Å². The zero-order chi connectivity index (χ0) is 16.8. The zero-order valence-electron chi connectivity index (χ0n) is 15.3. The van der Waals surface area contributed by atoms with Gasteiger partial charge in [0.1, 0.15) is 0 Å². The van der Waals surface area contributed by atoms with Gasteiger partial charge in [-0.2, -0.15) is 11.8 Å². The highest BCUT2D eigenvalue weighted by atomic mass is 32.2. The highest BCUT2D eigenvalue weighted by Gasteiger charge is 2.23. The summed E-state index contributed by atoms with van der Waals surface area (Å²) in [5.74, 6) is 1.35. The van der Waals surface area contributed by atoms with Gasteiger partial charge in [0, 0.05) is 0 Å². The van der Waals surface area contributed by atoms with Crippen LogP contribution in [0.1, 0.15) is 91.9 Å². The number of thioether (sulfide) groups is 1. The first-order chi connectivity index (χ1) is 10.4. The summed E-state index contributed by atoms with van der Waals surface area (Å²) in [6.45, 7) is 9.38. The molecule has 0 aromatic rings. The van der Waals surface area contributed by atoms with Crippen LogP contribution >= 0.6 is 11.8 Å². The second-order valence-electron chi connectivity index (χ2n) is 7.56. The average Bonchev–Trinajstić information content (AvgIpc) is 2.42. The average molecular weight is 331 g/mol. The molecule has 0 rings (SSSR count). The van der Waals surface area contributed by atoms with E-state index in [1.165, 1.54) is 57.8 Å². The lowest BCUT2D eigenvalue weighted by Gasteiger charge is -2.31. The lowest BCUT2D eigenvalue weighted by atomic mass is 9.75. The van der Waals surface area contributed by atoms with Crippen molar-refractivity contribution < 1.29 is 9.90 Å². The number of hydrogen-bond acceptors (Lipinski definition) is 2. The number of aliphatic carboxylic acids is 1. The smallest absolute Gasteiger partial charge is 0.313 e. The summed E-state index contributed by atoms with van der Waals surface area (Å²) >= 11 is 1.55. The Balaban J connectivity index is 3.78.